The zero-order valence-corrected chi connectivity index (χ0v) is 12.7. The van der Waals surface area contributed by atoms with Crippen molar-refractivity contribution in [2.24, 2.45) is 5.92 Å². The summed E-state index contributed by atoms with van der Waals surface area (Å²) in [7, 11) is 0. The van der Waals surface area contributed by atoms with E-state index in [2.05, 4.69) is 50.5 Å². The molecule has 0 bridgehead atoms. The van der Waals surface area contributed by atoms with Crippen molar-refractivity contribution in [3.8, 4) is 0 Å². The van der Waals surface area contributed by atoms with E-state index in [1.807, 2.05) is 19.7 Å². The van der Waals surface area contributed by atoms with Crippen LogP contribution in [0.4, 0.5) is 0 Å². The molecule has 0 radical (unpaired) electrons. The molecule has 0 aromatic carbocycles. The van der Waals surface area contributed by atoms with Crippen LogP contribution in [0.3, 0.4) is 0 Å². The molecule has 0 unspecified atom stereocenters. The average molecular weight is 255 g/mol. The second-order valence-electron chi connectivity index (χ2n) is 2.63. The van der Waals surface area contributed by atoms with E-state index in [4.69, 9.17) is 0 Å². The fourth-order valence-corrected chi connectivity index (χ4v) is 0.289. The molecule has 0 heterocycles. The maximum Gasteiger partial charge on any atom is -0.00848 e. The first-order valence-electron chi connectivity index (χ1n) is 5.60. The summed E-state index contributed by atoms with van der Waals surface area (Å²) in [5, 5.41) is 0. The van der Waals surface area contributed by atoms with Crippen LogP contribution in [0.5, 0.6) is 0 Å². The van der Waals surface area contributed by atoms with Crippen LogP contribution >= 0.6 is 15.9 Å². The van der Waals surface area contributed by atoms with Gasteiger partial charge in [-0.25, -0.2) is 0 Å². The van der Waals surface area contributed by atoms with E-state index < -0.39 is 0 Å². The zero-order chi connectivity index (χ0) is 11.7. The first-order valence-corrected chi connectivity index (χ1v) is 7.19. The topological polar surface area (TPSA) is 0 Å². The predicted octanol–water partition coefficient (Wildman–Crippen LogP) is 5.90. The minimum atomic E-state index is 0.935. The highest BCUT2D eigenvalue weighted by molar-refractivity contribution is 9.08. The molecule has 0 spiro atoms. The summed E-state index contributed by atoms with van der Waals surface area (Å²) in [5.74, 6) is 2.75. The fourth-order valence-electron chi connectivity index (χ4n) is 0.289. The van der Waals surface area contributed by atoms with Crippen molar-refractivity contribution < 1.29 is 0 Å². The van der Waals surface area contributed by atoms with Crippen LogP contribution in [0.15, 0.2) is 0 Å². The van der Waals surface area contributed by atoms with Crippen molar-refractivity contribution in [3.05, 3.63) is 0 Å². The Morgan fingerprint density at radius 2 is 1.00 bits per heavy atom. The summed E-state index contributed by atoms with van der Waals surface area (Å²) >= 11 is 2.94. The van der Waals surface area contributed by atoms with Gasteiger partial charge in [0.25, 0.3) is 0 Å². The van der Waals surface area contributed by atoms with Crippen LogP contribution in [0.1, 0.15) is 67.7 Å². The number of hydrogen-bond acceptors (Lipinski definition) is 0. The molecule has 0 nitrogen and oxygen atoms in total. The van der Waals surface area contributed by atoms with Crippen molar-refractivity contribution in [2.75, 3.05) is 5.83 Å². The maximum absolute atomic E-state index is 2.94. The zero-order valence-electron chi connectivity index (χ0n) is 11.1. The van der Waals surface area contributed by atoms with Gasteiger partial charge < -0.3 is 0 Å². The van der Waals surface area contributed by atoms with Gasteiger partial charge in [0, 0.05) is 0 Å². The van der Waals surface area contributed by atoms with Gasteiger partial charge in [-0.15, -0.1) is 0 Å². The lowest BCUT2D eigenvalue weighted by atomic mass is 10.1. The van der Waals surface area contributed by atoms with E-state index in [0.29, 0.717) is 0 Å². The molecule has 0 aliphatic carbocycles. The number of hydrogen-bond donors (Lipinski definition) is 0. The van der Waals surface area contributed by atoms with Gasteiger partial charge in [-0.05, 0) is 11.8 Å². The predicted molar refractivity (Wildman–Crippen MR) is 71.9 cm³/mol. The van der Waals surface area contributed by atoms with Gasteiger partial charge in [-0.1, -0.05) is 83.7 Å². The lowest BCUT2D eigenvalue weighted by Crippen LogP contribution is -1.85. The Hall–Kier alpha value is 0.480. The van der Waals surface area contributed by atoms with Crippen molar-refractivity contribution in [1.82, 2.24) is 0 Å². The van der Waals surface area contributed by atoms with Crippen LogP contribution in [-0.4, -0.2) is 5.83 Å². The minimum absolute atomic E-state index is 0.935. The Kier molecular flexibility index (Phi) is 70.4. The van der Waals surface area contributed by atoms with Crippen LogP contribution in [-0.2, 0) is 0 Å². The van der Waals surface area contributed by atoms with E-state index in [9.17, 15) is 0 Å². The molecule has 0 saturated carbocycles. The molecule has 1 heteroatoms. The van der Waals surface area contributed by atoms with Crippen LogP contribution in [0, 0.1) is 5.92 Å². The van der Waals surface area contributed by atoms with Crippen LogP contribution < -0.4 is 0 Å². The van der Waals surface area contributed by atoms with Gasteiger partial charge >= 0.3 is 0 Å². The van der Waals surface area contributed by atoms with Crippen molar-refractivity contribution in [1.29, 1.82) is 0 Å². The molecular weight excluding hydrogens is 224 g/mol. The summed E-state index contributed by atoms with van der Waals surface area (Å²) in [4.78, 5) is 0. The second-order valence-corrected chi connectivity index (χ2v) is 2.63. The monoisotopic (exact) mass is 254 g/mol. The van der Waals surface area contributed by atoms with Crippen molar-refractivity contribution >= 4 is 15.9 Å². The van der Waals surface area contributed by atoms with Gasteiger partial charge in [0.05, 0.1) is 0 Å². The smallest absolute Gasteiger partial charge is 0.00848 e. The summed E-state index contributed by atoms with van der Waals surface area (Å²) in [5.41, 5.74) is 0. The normalized spacial score (nSPS) is 6.92. The molecule has 0 N–H and O–H groups in total. The molecule has 0 aromatic rings. The quantitative estimate of drug-likeness (QED) is 0.539. The molecule has 0 amide bonds. The maximum atomic E-state index is 2.94. The van der Waals surface area contributed by atoms with Crippen LogP contribution in [0.2, 0.25) is 0 Å². The second kappa shape index (κ2) is 39.2. The third kappa shape index (κ3) is 68.3. The van der Waals surface area contributed by atoms with Gasteiger partial charge in [0.1, 0.15) is 0 Å². The molecule has 0 saturated heterocycles. The Labute approximate surface area is 95.6 Å². The van der Waals surface area contributed by atoms with Gasteiger partial charge in [0.15, 0.2) is 0 Å². The third-order valence-electron chi connectivity index (χ3n) is 1.39. The van der Waals surface area contributed by atoms with Crippen molar-refractivity contribution in [2.45, 2.75) is 67.7 Å². The standard InChI is InChI=1S/C6H14.C3H8.C2H6.CH3Br/c1-4-6(3)5-2;1-3-2;2*1-2/h6H,4-5H2,1-3H3;3H2,1-2H3;1-2H3;1H3. The first-order chi connectivity index (χ1) is 6.22. The summed E-state index contributed by atoms with van der Waals surface area (Å²) in [6.45, 7) is 15.0. The lowest BCUT2D eigenvalue weighted by molar-refractivity contribution is 0.544. The van der Waals surface area contributed by atoms with Crippen LogP contribution in [0.25, 0.3) is 0 Å². The largest absolute Gasteiger partial charge is 0.0966 e. The molecular formula is C12H31Br. The van der Waals surface area contributed by atoms with Gasteiger partial charge in [0.2, 0.25) is 0 Å². The molecule has 0 rings (SSSR count). The summed E-state index contributed by atoms with van der Waals surface area (Å²) in [6, 6.07) is 0. The summed E-state index contributed by atoms with van der Waals surface area (Å²) in [6.07, 6.45) is 3.91. The Balaban J connectivity index is -0.0000000493. The average Bonchev–Trinajstić information content (AvgIpc) is 2.24. The molecule has 0 fully saturated rings. The number of halogens is 1. The minimum Gasteiger partial charge on any atom is -0.0966 e. The number of alkyl halides is 1. The highest BCUT2D eigenvalue weighted by atomic mass is 79.9. The van der Waals surface area contributed by atoms with Crippen molar-refractivity contribution in [3.63, 3.8) is 0 Å². The Morgan fingerprint density at radius 3 is 1.00 bits per heavy atom. The molecule has 13 heavy (non-hydrogen) atoms. The lowest BCUT2D eigenvalue weighted by Gasteiger charge is -1.98. The Morgan fingerprint density at radius 1 is 0.846 bits per heavy atom. The van der Waals surface area contributed by atoms with E-state index in [1.54, 1.807) is 0 Å². The molecule has 0 aliphatic rings. The van der Waals surface area contributed by atoms with Gasteiger partial charge in [-0.2, -0.15) is 0 Å². The molecule has 86 valence electrons. The fraction of sp³-hybridized carbons (Fsp3) is 1.00. The highest BCUT2D eigenvalue weighted by Crippen LogP contribution is 2.02. The molecule has 0 aromatic heterocycles. The van der Waals surface area contributed by atoms with Gasteiger partial charge in [-0.3, -0.25) is 0 Å². The highest BCUT2D eigenvalue weighted by Gasteiger charge is 1.88. The van der Waals surface area contributed by atoms with E-state index in [-0.39, 0.29) is 0 Å². The third-order valence-corrected chi connectivity index (χ3v) is 1.39. The Bertz CT molecular complexity index is 32.1. The van der Waals surface area contributed by atoms with E-state index >= 15 is 0 Å². The summed E-state index contributed by atoms with van der Waals surface area (Å²) < 4.78 is 0. The first kappa shape index (κ1) is 23.4. The number of rotatable bonds is 2. The van der Waals surface area contributed by atoms with E-state index in [0.717, 1.165) is 5.92 Å². The van der Waals surface area contributed by atoms with E-state index in [1.165, 1.54) is 19.3 Å². The molecule has 0 aliphatic heterocycles. The SMILES string of the molecule is CBr.CC.CCC.CCC(C)CC. The molecule has 0 atom stereocenters.